The van der Waals surface area contributed by atoms with Crippen LogP contribution in [0.3, 0.4) is 0 Å². The Morgan fingerprint density at radius 1 is 0.963 bits per heavy atom. The molecule has 27 heavy (non-hydrogen) atoms. The Morgan fingerprint density at radius 3 is 2.33 bits per heavy atom. The summed E-state index contributed by atoms with van der Waals surface area (Å²) in [5.41, 5.74) is 1.93. The molecule has 1 aliphatic carbocycles. The number of aromatic carboxylic acids is 1. The van der Waals surface area contributed by atoms with Crippen molar-refractivity contribution in [3.63, 3.8) is 0 Å². The number of benzene rings is 2. The summed E-state index contributed by atoms with van der Waals surface area (Å²) in [7, 11) is 0. The summed E-state index contributed by atoms with van der Waals surface area (Å²) in [5.74, 6) is -1.37. The summed E-state index contributed by atoms with van der Waals surface area (Å²) in [4.78, 5) is 35.4. The summed E-state index contributed by atoms with van der Waals surface area (Å²) >= 11 is 0. The molecule has 0 aliphatic heterocycles. The Bertz CT molecular complexity index is 840. The first-order valence-corrected chi connectivity index (χ1v) is 9.04. The van der Waals surface area contributed by atoms with Crippen molar-refractivity contribution in [2.45, 2.75) is 38.1 Å². The molecule has 2 amide bonds. The third kappa shape index (κ3) is 5.17. The number of carboxylic acid groups (broad SMARTS) is 1. The van der Waals surface area contributed by atoms with Crippen molar-refractivity contribution in [3.8, 4) is 0 Å². The van der Waals surface area contributed by atoms with E-state index in [0.717, 1.165) is 25.7 Å². The van der Waals surface area contributed by atoms with Crippen LogP contribution in [0.1, 0.15) is 52.0 Å². The van der Waals surface area contributed by atoms with Crippen LogP contribution in [0.15, 0.2) is 48.5 Å². The third-order valence-corrected chi connectivity index (χ3v) is 4.66. The van der Waals surface area contributed by atoms with Gasteiger partial charge in [-0.05, 0) is 54.8 Å². The van der Waals surface area contributed by atoms with Crippen molar-refractivity contribution < 1.29 is 19.5 Å². The van der Waals surface area contributed by atoms with E-state index < -0.39 is 5.97 Å². The van der Waals surface area contributed by atoms with Gasteiger partial charge in [-0.15, -0.1) is 0 Å². The van der Waals surface area contributed by atoms with Gasteiger partial charge in [-0.1, -0.05) is 25.0 Å². The molecule has 0 atom stereocenters. The van der Waals surface area contributed by atoms with E-state index in [9.17, 15) is 14.4 Å². The first-order chi connectivity index (χ1) is 13.0. The highest BCUT2D eigenvalue weighted by Crippen LogP contribution is 2.18. The minimum absolute atomic E-state index is 0.0744. The first-order valence-electron chi connectivity index (χ1n) is 9.04. The lowest BCUT2D eigenvalue weighted by molar-refractivity contribution is -0.115. The molecule has 2 aromatic rings. The Kier molecular flexibility index (Phi) is 5.86. The third-order valence-electron chi connectivity index (χ3n) is 4.66. The minimum atomic E-state index is -1.02. The van der Waals surface area contributed by atoms with Gasteiger partial charge in [0.05, 0.1) is 12.0 Å². The maximum absolute atomic E-state index is 12.2. The second-order valence-electron chi connectivity index (χ2n) is 6.76. The predicted octanol–water partition coefficient (Wildman–Crippen LogP) is 3.24. The predicted molar refractivity (Wildman–Crippen MR) is 102 cm³/mol. The highest BCUT2D eigenvalue weighted by molar-refractivity contribution is 5.96. The molecule has 0 radical (unpaired) electrons. The molecule has 140 valence electrons. The monoisotopic (exact) mass is 366 g/mol. The van der Waals surface area contributed by atoms with Gasteiger partial charge in [0.15, 0.2) is 0 Å². The Morgan fingerprint density at radius 2 is 1.67 bits per heavy atom. The van der Waals surface area contributed by atoms with E-state index in [-0.39, 0.29) is 29.8 Å². The van der Waals surface area contributed by atoms with E-state index in [1.165, 1.54) is 12.1 Å². The Labute approximate surface area is 157 Å². The van der Waals surface area contributed by atoms with Crippen LogP contribution in [0.5, 0.6) is 0 Å². The molecular weight excluding hydrogens is 344 g/mol. The molecule has 3 N–H and O–H groups in total. The second kappa shape index (κ2) is 8.49. The van der Waals surface area contributed by atoms with Gasteiger partial charge in [0.1, 0.15) is 0 Å². The quantitative estimate of drug-likeness (QED) is 0.731. The summed E-state index contributed by atoms with van der Waals surface area (Å²) in [6, 6.07) is 13.3. The van der Waals surface area contributed by atoms with Crippen LogP contribution in [-0.2, 0) is 11.2 Å². The van der Waals surface area contributed by atoms with Gasteiger partial charge in [-0.3, -0.25) is 9.59 Å². The molecule has 1 fully saturated rings. The van der Waals surface area contributed by atoms with Crippen LogP contribution in [0.2, 0.25) is 0 Å². The molecule has 0 unspecified atom stereocenters. The average molecular weight is 366 g/mol. The number of hydrogen-bond donors (Lipinski definition) is 3. The zero-order chi connectivity index (χ0) is 19.2. The molecule has 6 nitrogen and oxygen atoms in total. The lowest BCUT2D eigenvalue weighted by Crippen LogP contribution is -2.32. The van der Waals surface area contributed by atoms with E-state index in [2.05, 4.69) is 10.6 Å². The van der Waals surface area contributed by atoms with Crippen LogP contribution < -0.4 is 10.6 Å². The molecule has 1 saturated carbocycles. The van der Waals surface area contributed by atoms with Gasteiger partial charge in [-0.25, -0.2) is 4.79 Å². The summed E-state index contributed by atoms with van der Waals surface area (Å²) < 4.78 is 0. The minimum Gasteiger partial charge on any atom is -0.478 e. The van der Waals surface area contributed by atoms with Crippen molar-refractivity contribution in [2.75, 3.05) is 5.32 Å². The summed E-state index contributed by atoms with van der Waals surface area (Å²) in [6.07, 6.45) is 4.45. The SMILES string of the molecule is O=C(Cc1cccc(C(=O)O)c1)Nc1ccc(C(=O)NC2CCCC2)cc1. The molecule has 1 aliphatic rings. The molecule has 2 aromatic carbocycles. The van der Waals surface area contributed by atoms with Crippen LogP contribution in [0.25, 0.3) is 0 Å². The first kappa shape index (κ1) is 18.6. The molecule has 6 heteroatoms. The van der Waals surface area contributed by atoms with Crippen LogP contribution in [-0.4, -0.2) is 28.9 Å². The summed E-state index contributed by atoms with van der Waals surface area (Å²) in [5, 5.41) is 14.8. The number of carbonyl (C=O) groups excluding carboxylic acids is 2. The number of hydrogen-bond acceptors (Lipinski definition) is 3. The smallest absolute Gasteiger partial charge is 0.335 e. The number of nitrogens with one attached hydrogen (secondary N) is 2. The fourth-order valence-electron chi connectivity index (χ4n) is 3.25. The van der Waals surface area contributed by atoms with E-state index in [4.69, 9.17) is 5.11 Å². The van der Waals surface area contributed by atoms with Gasteiger partial charge < -0.3 is 15.7 Å². The van der Waals surface area contributed by atoms with E-state index >= 15 is 0 Å². The molecule has 3 rings (SSSR count). The number of rotatable bonds is 6. The Hall–Kier alpha value is -3.15. The van der Waals surface area contributed by atoms with Crippen molar-refractivity contribution >= 4 is 23.5 Å². The molecule has 0 spiro atoms. The van der Waals surface area contributed by atoms with Crippen LogP contribution in [0.4, 0.5) is 5.69 Å². The number of amides is 2. The van der Waals surface area contributed by atoms with E-state index in [1.54, 1.807) is 36.4 Å². The van der Waals surface area contributed by atoms with Gasteiger partial charge >= 0.3 is 5.97 Å². The van der Waals surface area contributed by atoms with Crippen LogP contribution >= 0.6 is 0 Å². The normalized spacial score (nSPS) is 13.9. The largest absolute Gasteiger partial charge is 0.478 e. The number of carbonyl (C=O) groups is 3. The zero-order valence-corrected chi connectivity index (χ0v) is 14.9. The van der Waals surface area contributed by atoms with Gasteiger partial charge in [0.2, 0.25) is 5.91 Å². The fourth-order valence-corrected chi connectivity index (χ4v) is 3.25. The van der Waals surface area contributed by atoms with E-state index in [1.807, 2.05) is 0 Å². The lowest BCUT2D eigenvalue weighted by Gasteiger charge is -2.12. The summed E-state index contributed by atoms with van der Waals surface area (Å²) in [6.45, 7) is 0. The van der Waals surface area contributed by atoms with Crippen molar-refractivity contribution in [1.82, 2.24) is 5.32 Å². The molecule has 0 aromatic heterocycles. The molecule has 0 heterocycles. The Balaban J connectivity index is 1.55. The number of carboxylic acids is 1. The zero-order valence-electron chi connectivity index (χ0n) is 14.9. The highest BCUT2D eigenvalue weighted by atomic mass is 16.4. The molecule has 0 bridgehead atoms. The maximum atomic E-state index is 12.2. The molecular formula is C21H22N2O4. The second-order valence-corrected chi connectivity index (χ2v) is 6.76. The van der Waals surface area contributed by atoms with Crippen molar-refractivity contribution in [3.05, 3.63) is 65.2 Å². The number of anilines is 1. The highest BCUT2D eigenvalue weighted by Gasteiger charge is 2.17. The van der Waals surface area contributed by atoms with Gasteiger partial charge in [0.25, 0.3) is 5.91 Å². The fraction of sp³-hybridized carbons (Fsp3) is 0.286. The average Bonchev–Trinajstić information content (AvgIpc) is 3.15. The lowest BCUT2D eigenvalue weighted by atomic mass is 10.1. The molecule has 0 saturated heterocycles. The van der Waals surface area contributed by atoms with Gasteiger partial charge in [0, 0.05) is 17.3 Å². The topological polar surface area (TPSA) is 95.5 Å². The van der Waals surface area contributed by atoms with Crippen molar-refractivity contribution in [1.29, 1.82) is 0 Å². The van der Waals surface area contributed by atoms with Crippen LogP contribution in [0, 0.1) is 0 Å². The van der Waals surface area contributed by atoms with E-state index in [0.29, 0.717) is 16.8 Å². The van der Waals surface area contributed by atoms with Crippen molar-refractivity contribution in [2.24, 2.45) is 0 Å². The maximum Gasteiger partial charge on any atom is 0.335 e. The standard InChI is InChI=1S/C21H22N2O4/c24-19(13-14-4-3-5-16(12-14)21(26)27)22-18-10-8-15(9-11-18)20(25)23-17-6-1-2-7-17/h3-5,8-12,17H,1-2,6-7,13H2,(H,22,24)(H,23,25)(H,26,27). The van der Waals surface area contributed by atoms with Gasteiger partial charge in [-0.2, -0.15) is 0 Å².